The van der Waals surface area contributed by atoms with Crippen molar-refractivity contribution in [3.05, 3.63) is 0 Å². The number of urea groups is 1. The van der Waals surface area contributed by atoms with Gasteiger partial charge in [-0.05, 0) is 13.8 Å². The molecule has 70 valence electrons. The quantitative estimate of drug-likeness (QED) is 0.636. The van der Waals surface area contributed by atoms with Crippen LogP contribution in [-0.4, -0.2) is 41.6 Å². The summed E-state index contributed by atoms with van der Waals surface area (Å²) in [6.45, 7) is 4.18. The molecule has 0 saturated heterocycles. The van der Waals surface area contributed by atoms with Crippen molar-refractivity contribution in [1.29, 1.82) is 0 Å². The summed E-state index contributed by atoms with van der Waals surface area (Å²) >= 11 is 0. The molecule has 2 amide bonds. The standard InChI is InChI=1S/C7H14N2O3/c1-3-8-7(12)9(4-2)5-6(10)11/h3-5H2,1-2H3,(H,8,12)(H,10,11). The first-order chi connectivity index (χ1) is 5.61. The van der Waals surface area contributed by atoms with E-state index in [9.17, 15) is 9.59 Å². The second kappa shape index (κ2) is 5.40. The zero-order chi connectivity index (χ0) is 9.56. The van der Waals surface area contributed by atoms with Crippen LogP contribution in [0.3, 0.4) is 0 Å². The maximum absolute atomic E-state index is 11.1. The van der Waals surface area contributed by atoms with Crippen molar-refractivity contribution in [3.63, 3.8) is 0 Å². The van der Waals surface area contributed by atoms with E-state index in [0.717, 1.165) is 0 Å². The molecule has 0 aromatic rings. The molecule has 0 bridgehead atoms. The fourth-order valence-electron chi connectivity index (χ4n) is 0.754. The van der Waals surface area contributed by atoms with Crippen LogP contribution in [0.2, 0.25) is 0 Å². The van der Waals surface area contributed by atoms with Gasteiger partial charge in [-0.15, -0.1) is 0 Å². The molecule has 0 radical (unpaired) electrons. The van der Waals surface area contributed by atoms with Gasteiger partial charge in [-0.3, -0.25) is 4.79 Å². The minimum atomic E-state index is -0.997. The first-order valence-electron chi connectivity index (χ1n) is 3.86. The Kier molecular flexibility index (Phi) is 4.83. The van der Waals surface area contributed by atoms with Gasteiger partial charge in [0.15, 0.2) is 0 Å². The Morgan fingerprint density at radius 1 is 1.42 bits per heavy atom. The second-order valence-corrected chi connectivity index (χ2v) is 2.24. The van der Waals surface area contributed by atoms with Crippen molar-refractivity contribution >= 4 is 12.0 Å². The smallest absolute Gasteiger partial charge is 0.323 e. The van der Waals surface area contributed by atoms with Crippen LogP contribution in [0.15, 0.2) is 0 Å². The predicted octanol–water partition coefficient (Wildman–Crippen LogP) is 0.122. The van der Waals surface area contributed by atoms with Crippen LogP contribution in [-0.2, 0) is 4.79 Å². The topological polar surface area (TPSA) is 69.6 Å². The van der Waals surface area contributed by atoms with Crippen LogP contribution in [0, 0.1) is 0 Å². The number of carbonyl (C=O) groups excluding carboxylic acids is 1. The molecular formula is C7H14N2O3. The number of aliphatic carboxylic acids is 1. The minimum absolute atomic E-state index is 0.248. The van der Waals surface area contributed by atoms with E-state index in [-0.39, 0.29) is 12.6 Å². The molecule has 0 aliphatic rings. The van der Waals surface area contributed by atoms with E-state index in [4.69, 9.17) is 5.11 Å². The van der Waals surface area contributed by atoms with Crippen molar-refractivity contribution in [2.24, 2.45) is 0 Å². The highest BCUT2D eigenvalue weighted by Gasteiger charge is 2.12. The number of amides is 2. The lowest BCUT2D eigenvalue weighted by Crippen LogP contribution is -2.42. The normalized spacial score (nSPS) is 9.17. The fourth-order valence-corrected chi connectivity index (χ4v) is 0.754. The molecule has 0 heterocycles. The monoisotopic (exact) mass is 174 g/mol. The van der Waals surface area contributed by atoms with E-state index in [1.54, 1.807) is 13.8 Å². The number of carboxylic acids is 1. The number of carboxylic acid groups (broad SMARTS) is 1. The third-order valence-electron chi connectivity index (χ3n) is 1.32. The largest absolute Gasteiger partial charge is 0.480 e. The number of rotatable bonds is 4. The number of hydrogen-bond acceptors (Lipinski definition) is 2. The third-order valence-corrected chi connectivity index (χ3v) is 1.32. The molecule has 0 unspecified atom stereocenters. The van der Waals surface area contributed by atoms with Gasteiger partial charge < -0.3 is 15.3 Å². The predicted molar refractivity (Wildman–Crippen MR) is 44.0 cm³/mol. The van der Waals surface area contributed by atoms with Gasteiger partial charge in [0.25, 0.3) is 0 Å². The van der Waals surface area contributed by atoms with E-state index in [2.05, 4.69) is 5.32 Å². The van der Waals surface area contributed by atoms with Gasteiger partial charge in [-0.25, -0.2) is 4.79 Å². The zero-order valence-electron chi connectivity index (χ0n) is 7.33. The SMILES string of the molecule is CCNC(=O)N(CC)CC(=O)O. The second-order valence-electron chi connectivity index (χ2n) is 2.24. The summed E-state index contributed by atoms with van der Waals surface area (Å²) in [7, 11) is 0. The van der Waals surface area contributed by atoms with Crippen molar-refractivity contribution in [3.8, 4) is 0 Å². The molecule has 5 heteroatoms. The summed E-state index contributed by atoms with van der Waals surface area (Å²) in [5.41, 5.74) is 0. The highest BCUT2D eigenvalue weighted by atomic mass is 16.4. The Morgan fingerprint density at radius 3 is 2.33 bits per heavy atom. The third kappa shape index (κ3) is 3.80. The first kappa shape index (κ1) is 10.7. The summed E-state index contributed by atoms with van der Waals surface area (Å²) < 4.78 is 0. The van der Waals surface area contributed by atoms with Gasteiger partial charge in [0.05, 0.1) is 0 Å². The Hall–Kier alpha value is -1.26. The Balaban J connectivity index is 3.96. The van der Waals surface area contributed by atoms with Crippen LogP contribution >= 0.6 is 0 Å². The molecule has 0 aliphatic carbocycles. The molecule has 0 saturated carbocycles. The van der Waals surface area contributed by atoms with Crippen LogP contribution in [0.4, 0.5) is 4.79 Å². The molecule has 5 nitrogen and oxygen atoms in total. The number of likely N-dealkylation sites (N-methyl/N-ethyl adjacent to an activating group) is 1. The highest BCUT2D eigenvalue weighted by molar-refractivity contribution is 5.79. The molecule has 0 spiro atoms. The summed E-state index contributed by atoms with van der Waals surface area (Å²) in [6.07, 6.45) is 0. The number of nitrogens with zero attached hydrogens (tertiary/aromatic N) is 1. The van der Waals surface area contributed by atoms with Gasteiger partial charge in [0.2, 0.25) is 0 Å². The van der Waals surface area contributed by atoms with Gasteiger partial charge in [-0.1, -0.05) is 0 Å². The number of nitrogens with one attached hydrogen (secondary N) is 1. The maximum Gasteiger partial charge on any atom is 0.323 e. The lowest BCUT2D eigenvalue weighted by Gasteiger charge is -2.18. The van der Waals surface area contributed by atoms with Crippen LogP contribution in [0.1, 0.15) is 13.8 Å². The van der Waals surface area contributed by atoms with Crippen molar-refractivity contribution in [2.45, 2.75) is 13.8 Å². The number of hydrogen-bond donors (Lipinski definition) is 2. The van der Waals surface area contributed by atoms with Gasteiger partial charge in [0.1, 0.15) is 6.54 Å². The highest BCUT2D eigenvalue weighted by Crippen LogP contribution is 1.88. The van der Waals surface area contributed by atoms with E-state index < -0.39 is 5.97 Å². The zero-order valence-corrected chi connectivity index (χ0v) is 7.33. The molecule has 0 aromatic carbocycles. The van der Waals surface area contributed by atoms with Gasteiger partial charge in [0, 0.05) is 13.1 Å². The average molecular weight is 174 g/mol. The van der Waals surface area contributed by atoms with E-state index in [0.29, 0.717) is 13.1 Å². The molecule has 2 N–H and O–H groups in total. The molecular weight excluding hydrogens is 160 g/mol. The molecule has 0 fully saturated rings. The Morgan fingerprint density at radius 2 is 2.00 bits per heavy atom. The summed E-state index contributed by atoms with van der Waals surface area (Å²) in [5, 5.41) is 10.9. The minimum Gasteiger partial charge on any atom is -0.480 e. The van der Waals surface area contributed by atoms with Crippen molar-refractivity contribution < 1.29 is 14.7 Å². The molecule has 0 aromatic heterocycles. The number of carbonyl (C=O) groups is 2. The Bertz CT molecular complexity index is 170. The molecule has 0 rings (SSSR count). The van der Waals surface area contributed by atoms with Crippen LogP contribution in [0.5, 0.6) is 0 Å². The lowest BCUT2D eigenvalue weighted by molar-refractivity contribution is -0.137. The fraction of sp³-hybridized carbons (Fsp3) is 0.714. The van der Waals surface area contributed by atoms with Crippen molar-refractivity contribution in [1.82, 2.24) is 10.2 Å². The molecule has 12 heavy (non-hydrogen) atoms. The van der Waals surface area contributed by atoms with Gasteiger partial charge >= 0.3 is 12.0 Å². The molecule has 0 aliphatic heterocycles. The first-order valence-corrected chi connectivity index (χ1v) is 3.86. The lowest BCUT2D eigenvalue weighted by atomic mass is 10.5. The maximum atomic E-state index is 11.1. The average Bonchev–Trinajstić information content (AvgIpc) is 2.00. The summed E-state index contributed by atoms with van der Waals surface area (Å²) in [5.74, 6) is -0.997. The van der Waals surface area contributed by atoms with E-state index in [1.807, 2.05) is 0 Å². The van der Waals surface area contributed by atoms with E-state index >= 15 is 0 Å². The summed E-state index contributed by atoms with van der Waals surface area (Å²) in [4.78, 5) is 22.5. The Labute approximate surface area is 71.4 Å². The van der Waals surface area contributed by atoms with Gasteiger partial charge in [-0.2, -0.15) is 0 Å². The van der Waals surface area contributed by atoms with Crippen LogP contribution in [0.25, 0.3) is 0 Å². The summed E-state index contributed by atoms with van der Waals surface area (Å²) in [6, 6.07) is -0.331. The molecule has 0 atom stereocenters. The van der Waals surface area contributed by atoms with Crippen LogP contribution < -0.4 is 5.32 Å². The van der Waals surface area contributed by atoms with Crippen molar-refractivity contribution in [2.75, 3.05) is 19.6 Å². The van der Waals surface area contributed by atoms with E-state index in [1.165, 1.54) is 4.90 Å².